The largest absolute Gasteiger partial charge is 0.507 e. The van der Waals surface area contributed by atoms with Gasteiger partial charge in [0, 0.05) is 24.2 Å². The van der Waals surface area contributed by atoms with Crippen molar-refractivity contribution in [1.29, 1.82) is 0 Å². The molecular formula is C16H12B3N5O2. The quantitative estimate of drug-likeness (QED) is 0.666. The number of aromatic nitrogens is 4. The zero-order chi connectivity index (χ0) is 18.7. The van der Waals surface area contributed by atoms with Gasteiger partial charge in [-0.05, 0) is 35.1 Å². The molecule has 122 valence electrons. The van der Waals surface area contributed by atoms with Crippen molar-refractivity contribution in [3.63, 3.8) is 0 Å². The monoisotopic (exact) mass is 339 g/mol. The van der Waals surface area contributed by atoms with Gasteiger partial charge in [-0.1, -0.05) is 6.07 Å². The predicted molar refractivity (Wildman–Crippen MR) is 100 cm³/mol. The Hall–Kier alpha value is -3.03. The van der Waals surface area contributed by atoms with Gasteiger partial charge in [-0.15, -0.1) is 15.3 Å². The third-order valence-corrected chi connectivity index (χ3v) is 3.44. The second kappa shape index (κ2) is 7.07. The van der Waals surface area contributed by atoms with Gasteiger partial charge in [-0.2, -0.15) is 5.10 Å². The smallest absolute Gasteiger partial charge is 0.232 e. The maximum absolute atomic E-state index is 10.4. The first kappa shape index (κ1) is 17.8. The molecule has 0 aliphatic carbocycles. The minimum atomic E-state index is -1.86. The summed E-state index contributed by atoms with van der Waals surface area (Å²) >= 11 is 0. The highest BCUT2D eigenvalue weighted by Crippen LogP contribution is 2.32. The highest BCUT2D eigenvalue weighted by Gasteiger charge is 2.14. The van der Waals surface area contributed by atoms with Crippen LogP contribution in [0.2, 0.25) is 0 Å². The minimum Gasteiger partial charge on any atom is -0.507 e. The van der Waals surface area contributed by atoms with Crippen LogP contribution in [0.4, 0.5) is 5.82 Å². The minimum absolute atomic E-state index is 0.0408. The normalized spacial score (nSPS) is 11.1. The molecule has 3 aromatic rings. The van der Waals surface area contributed by atoms with Crippen molar-refractivity contribution < 1.29 is 9.84 Å². The molecule has 0 spiro atoms. The molecule has 3 rings (SSSR count). The summed E-state index contributed by atoms with van der Waals surface area (Å²) in [5, 5.41) is 27.1. The van der Waals surface area contributed by atoms with Crippen LogP contribution in [-0.2, 0) is 0 Å². The molecule has 0 bridgehead atoms. The van der Waals surface area contributed by atoms with Crippen LogP contribution >= 0.6 is 0 Å². The van der Waals surface area contributed by atoms with Crippen molar-refractivity contribution in [2.75, 3.05) is 12.4 Å². The summed E-state index contributed by atoms with van der Waals surface area (Å²) in [6, 6.07) is 10.2. The molecule has 0 aliphatic rings. The summed E-state index contributed by atoms with van der Waals surface area (Å²) in [5.74, 6) is 0.738. The Labute approximate surface area is 154 Å². The first-order valence-electron chi connectivity index (χ1n) is 7.59. The van der Waals surface area contributed by atoms with Gasteiger partial charge < -0.3 is 15.2 Å². The SMILES string of the molecule is [B]C([B])([B])Oc1cc(-c2ccc(-c3ccc(NC)nn3)c(O)c2)cnn1. The molecule has 2 aromatic heterocycles. The molecule has 0 unspecified atom stereocenters. The zero-order valence-corrected chi connectivity index (χ0v) is 13.9. The van der Waals surface area contributed by atoms with Gasteiger partial charge in [0.25, 0.3) is 0 Å². The molecule has 6 radical (unpaired) electrons. The van der Waals surface area contributed by atoms with E-state index in [2.05, 4.69) is 25.7 Å². The summed E-state index contributed by atoms with van der Waals surface area (Å²) in [4.78, 5) is 0. The lowest BCUT2D eigenvalue weighted by Crippen LogP contribution is -2.37. The van der Waals surface area contributed by atoms with Crippen molar-refractivity contribution in [2.45, 2.75) is 5.30 Å². The summed E-state index contributed by atoms with van der Waals surface area (Å²) < 4.78 is 5.08. The van der Waals surface area contributed by atoms with Crippen molar-refractivity contribution in [2.24, 2.45) is 0 Å². The molecule has 2 heterocycles. The lowest BCUT2D eigenvalue weighted by atomic mass is 9.52. The highest BCUT2D eigenvalue weighted by atomic mass is 16.5. The van der Waals surface area contributed by atoms with Gasteiger partial charge in [-0.25, -0.2) is 0 Å². The van der Waals surface area contributed by atoms with Crippen LogP contribution in [-0.4, -0.2) is 61.4 Å². The van der Waals surface area contributed by atoms with Crippen LogP contribution in [0.15, 0.2) is 42.6 Å². The number of benzene rings is 1. The fourth-order valence-corrected chi connectivity index (χ4v) is 2.27. The average Bonchev–Trinajstić information content (AvgIpc) is 2.60. The van der Waals surface area contributed by atoms with E-state index in [9.17, 15) is 5.11 Å². The van der Waals surface area contributed by atoms with E-state index in [1.54, 1.807) is 43.4 Å². The van der Waals surface area contributed by atoms with Crippen LogP contribution in [0.25, 0.3) is 22.4 Å². The van der Waals surface area contributed by atoms with E-state index < -0.39 is 5.30 Å². The third-order valence-electron chi connectivity index (χ3n) is 3.44. The molecule has 1 aromatic carbocycles. The van der Waals surface area contributed by atoms with Crippen LogP contribution in [0.5, 0.6) is 11.6 Å². The lowest BCUT2D eigenvalue weighted by molar-refractivity contribution is 0.302. The van der Waals surface area contributed by atoms with Crippen LogP contribution < -0.4 is 10.1 Å². The summed E-state index contributed by atoms with van der Waals surface area (Å²) in [6.45, 7) is 0. The Kier molecular flexibility index (Phi) is 4.84. The number of nitrogens with zero attached hydrogens (tertiary/aromatic N) is 4. The summed E-state index contributed by atoms with van der Waals surface area (Å²) in [7, 11) is 17.9. The predicted octanol–water partition coefficient (Wildman–Crippen LogP) is 0.843. The maximum atomic E-state index is 10.4. The van der Waals surface area contributed by atoms with Crippen molar-refractivity contribution in [3.05, 3.63) is 42.6 Å². The molecule has 0 amide bonds. The second-order valence-electron chi connectivity index (χ2n) is 5.52. The molecule has 2 N–H and O–H groups in total. The fourth-order valence-electron chi connectivity index (χ4n) is 2.27. The van der Waals surface area contributed by atoms with Gasteiger partial charge in [0.2, 0.25) is 5.88 Å². The number of rotatable bonds is 5. The Balaban J connectivity index is 1.91. The fraction of sp³-hybridized carbons (Fsp3) is 0.125. The first-order chi connectivity index (χ1) is 12.4. The van der Waals surface area contributed by atoms with Crippen LogP contribution in [0.1, 0.15) is 0 Å². The number of aromatic hydroxyl groups is 1. The van der Waals surface area contributed by atoms with Crippen molar-refractivity contribution >= 4 is 29.4 Å². The number of hydrogen-bond acceptors (Lipinski definition) is 7. The third kappa shape index (κ3) is 4.14. The van der Waals surface area contributed by atoms with Crippen molar-refractivity contribution in [3.8, 4) is 34.0 Å². The van der Waals surface area contributed by atoms with E-state index in [1.807, 2.05) is 0 Å². The molecule has 7 nitrogen and oxygen atoms in total. The summed E-state index contributed by atoms with van der Waals surface area (Å²) in [5.41, 5.74) is 2.41. The molecule has 0 saturated carbocycles. The standard InChI is InChI=1S/C16H12B3N5O2/c1-20-14-5-4-12(22-23-14)11-3-2-9(6-13(11)25)10-7-15(24-21-8-10)26-16(17,18)19/h2-8,25H,1H3,(H,20,23). The van der Waals surface area contributed by atoms with Crippen molar-refractivity contribution in [1.82, 2.24) is 20.4 Å². The topological polar surface area (TPSA) is 93.0 Å². The van der Waals surface area contributed by atoms with E-state index in [4.69, 9.17) is 28.3 Å². The van der Waals surface area contributed by atoms with Gasteiger partial charge in [-0.3, -0.25) is 0 Å². The molecule has 0 aliphatic heterocycles. The number of ether oxygens (including phenoxy) is 1. The van der Waals surface area contributed by atoms with Crippen LogP contribution in [0.3, 0.4) is 0 Å². The lowest BCUT2D eigenvalue weighted by Gasteiger charge is -2.21. The zero-order valence-electron chi connectivity index (χ0n) is 13.9. The number of nitrogens with one attached hydrogen (secondary N) is 1. The van der Waals surface area contributed by atoms with E-state index in [0.29, 0.717) is 28.2 Å². The van der Waals surface area contributed by atoms with E-state index in [0.717, 1.165) is 0 Å². The molecular weight excluding hydrogens is 327 g/mol. The van der Waals surface area contributed by atoms with E-state index in [-0.39, 0.29) is 11.6 Å². The Bertz CT molecular complexity index is 917. The van der Waals surface area contributed by atoms with Crippen LogP contribution in [0, 0.1) is 0 Å². The Morgan fingerprint density at radius 1 is 1.00 bits per heavy atom. The maximum Gasteiger partial charge on any atom is 0.232 e. The number of hydrogen-bond donors (Lipinski definition) is 2. The van der Waals surface area contributed by atoms with Gasteiger partial charge in [0.05, 0.1) is 11.9 Å². The van der Waals surface area contributed by atoms with E-state index in [1.165, 1.54) is 6.20 Å². The van der Waals surface area contributed by atoms with E-state index >= 15 is 0 Å². The molecule has 0 saturated heterocycles. The summed E-state index contributed by atoms with van der Waals surface area (Å²) in [6.07, 6.45) is 1.51. The highest BCUT2D eigenvalue weighted by molar-refractivity contribution is 6.58. The number of phenols is 1. The molecule has 0 atom stereocenters. The number of phenolic OH excluding ortho intramolecular Hbond substituents is 1. The molecule has 26 heavy (non-hydrogen) atoms. The first-order valence-corrected chi connectivity index (χ1v) is 7.59. The molecule has 10 heteroatoms. The average molecular weight is 339 g/mol. The Morgan fingerprint density at radius 3 is 2.42 bits per heavy atom. The molecule has 0 fully saturated rings. The van der Waals surface area contributed by atoms with Gasteiger partial charge >= 0.3 is 0 Å². The number of anilines is 1. The Morgan fingerprint density at radius 2 is 1.81 bits per heavy atom. The van der Waals surface area contributed by atoms with Gasteiger partial charge in [0.15, 0.2) is 0 Å². The second-order valence-corrected chi connectivity index (χ2v) is 5.52. The van der Waals surface area contributed by atoms with Gasteiger partial charge in [0.1, 0.15) is 35.1 Å².